The number of carbonyl (C=O) groups is 1. The Hall–Kier alpha value is -2.97. The van der Waals surface area contributed by atoms with E-state index in [0.717, 1.165) is 11.1 Å². The van der Waals surface area contributed by atoms with Crippen LogP contribution < -0.4 is 9.62 Å². The number of carbonyl (C=O) groups excluding carboxylic acids is 1. The first-order valence-corrected chi connectivity index (χ1v) is 10.7. The normalized spacial score (nSPS) is 11.1. The van der Waals surface area contributed by atoms with Gasteiger partial charge in [0.1, 0.15) is 0 Å². The molecule has 9 heteroatoms. The molecule has 1 heterocycles. The largest absolute Gasteiger partial charge is 0.337 e. The zero-order chi connectivity index (χ0) is 20.9. The number of hydrogen-bond donors (Lipinski definition) is 1. The summed E-state index contributed by atoms with van der Waals surface area (Å²) in [7, 11) is -3.91. The molecule has 0 saturated heterocycles. The molecule has 0 spiro atoms. The van der Waals surface area contributed by atoms with Crippen molar-refractivity contribution >= 4 is 33.5 Å². The highest BCUT2D eigenvalue weighted by atomic mass is 35.5. The molecule has 0 atom stereocenters. The fourth-order valence-electron chi connectivity index (χ4n) is 2.59. The number of sulfonamides is 1. The Kier molecular flexibility index (Phi) is 6.46. The van der Waals surface area contributed by atoms with Gasteiger partial charge in [0.2, 0.25) is 10.0 Å². The standard InChI is InChI=1S/C20H19ClN4O3S/c1-15-2-4-17(5-3-15)14-29(27,28)24-20(26)25(19-12-22-10-11-23-19)13-16-6-8-18(21)9-7-16/h2-12H,13-14H2,1H3,(H,24,26). The van der Waals surface area contributed by atoms with Crippen molar-refractivity contribution in [1.29, 1.82) is 0 Å². The third-order valence-electron chi connectivity index (χ3n) is 4.05. The number of aryl methyl sites for hydroxylation is 1. The third-order valence-corrected chi connectivity index (χ3v) is 5.50. The van der Waals surface area contributed by atoms with Gasteiger partial charge in [-0.2, -0.15) is 0 Å². The topological polar surface area (TPSA) is 92.3 Å². The summed E-state index contributed by atoms with van der Waals surface area (Å²) in [6.07, 6.45) is 4.29. The molecule has 1 N–H and O–H groups in total. The van der Waals surface area contributed by atoms with E-state index < -0.39 is 16.1 Å². The minimum absolute atomic E-state index is 0.0990. The number of nitrogens with zero attached hydrogens (tertiary/aromatic N) is 3. The molecule has 29 heavy (non-hydrogen) atoms. The lowest BCUT2D eigenvalue weighted by Crippen LogP contribution is -2.43. The Bertz CT molecular complexity index is 1070. The number of rotatable bonds is 6. The van der Waals surface area contributed by atoms with Crippen molar-refractivity contribution in [1.82, 2.24) is 14.7 Å². The first-order chi connectivity index (χ1) is 13.8. The molecule has 0 bridgehead atoms. The maximum Gasteiger partial charge on any atom is 0.337 e. The van der Waals surface area contributed by atoms with E-state index in [4.69, 9.17) is 11.6 Å². The average Bonchev–Trinajstić information content (AvgIpc) is 2.69. The Morgan fingerprint density at radius 2 is 1.69 bits per heavy atom. The molecular formula is C20H19ClN4O3S. The summed E-state index contributed by atoms with van der Waals surface area (Å²) < 4.78 is 27.1. The van der Waals surface area contributed by atoms with E-state index in [1.807, 2.05) is 19.1 Å². The first-order valence-electron chi connectivity index (χ1n) is 8.70. The van der Waals surface area contributed by atoms with Crippen molar-refractivity contribution in [3.63, 3.8) is 0 Å². The van der Waals surface area contributed by atoms with E-state index >= 15 is 0 Å². The Morgan fingerprint density at radius 1 is 1.03 bits per heavy atom. The van der Waals surface area contributed by atoms with E-state index in [2.05, 4.69) is 14.7 Å². The van der Waals surface area contributed by atoms with E-state index in [9.17, 15) is 13.2 Å². The van der Waals surface area contributed by atoms with Gasteiger partial charge in [0, 0.05) is 17.4 Å². The molecule has 2 aromatic carbocycles. The van der Waals surface area contributed by atoms with Crippen LogP contribution in [0, 0.1) is 6.92 Å². The summed E-state index contributed by atoms with van der Waals surface area (Å²) in [4.78, 5) is 22.1. The van der Waals surface area contributed by atoms with Gasteiger partial charge in [0.05, 0.1) is 18.5 Å². The van der Waals surface area contributed by atoms with Crippen LogP contribution in [-0.4, -0.2) is 24.4 Å². The monoisotopic (exact) mass is 430 g/mol. The zero-order valence-electron chi connectivity index (χ0n) is 15.6. The molecule has 0 aliphatic rings. The minimum atomic E-state index is -3.91. The number of benzene rings is 2. The summed E-state index contributed by atoms with van der Waals surface area (Å²) in [6, 6.07) is 13.1. The second-order valence-electron chi connectivity index (χ2n) is 6.43. The molecular weight excluding hydrogens is 412 g/mol. The van der Waals surface area contributed by atoms with Gasteiger partial charge in [-0.25, -0.2) is 22.9 Å². The molecule has 0 aliphatic heterocycles. The molecule has 7 nitrogen and oxygen atoms in total. The fourth-order valence-corrected chi connectivity index (χ4v) is 3.79. The lowest BCUT2D eigenvalue weighted by Gasteiger charge is -2.22. The minimum Gasteiger partial charge on any atom is -0.272 e. The number of amides is 2. The van der Waals surface area contributed by atoms with Crippen LogP contribution in [0.5, 0.6) is 0 Å². The summed E-state index contributed by atoms with van der Waals surface area (Å²) in [5.41, 5.74) is 2.36. The second-order valence-corrected chi connectivity index (χ2v) is 8.59. The molecule has 0 aliphatic carbocycles. The van der Waals surface area contributed by atoms with Crippen molar-refractivity contribution in [2.75, 3.05) is 4.90 Å². The highest BCUT2D eigenvalue weighted by Gasteiger charge is 2.23. The van der Waals surface area contributed by atoms with Gasteiger partial charge in [-0.15, -0.1) is 0 Å². The fraction of sp³-hybridized carbons (Fsp3) is 0.150. The number of halogens is 1. The molecule has 150 valence electrons. The van der Waals surface area contributed by atoms with Crippen LogP contribution in [0.2, 0.25) is 5.02 Å². The molecule has 3 aromatic rings. The maximum absolute atomic E-state index is 12.8. The first kappa shape index (κ1) is 20.8. The molecule has 1 aromatic heterocycles. The van der Waals surface area contributed by atoms with Gasteiger partial charge < -0.3 is 0 Å². The van der Waals surface area contributed by atoms with Crippen LogP contribution in [0.25, 0.3) is 0 Å². The van der Waals surface area contributed by atoms with Crippen molar-refractivity contribution in [2.45, 2.75) is 19.2 Å². The highest BCUT2D eigenvalue weighted by Crippen LogP contribution is 2.16. The van der Waals surface area contributed by atoms with Gasteiger partial charge in [0.25, 0.3) is 0 Å². The van der Waals surface area contributed by atoms with Crippen LogP contribution in [0.15, 0.2) is 67.1 Å². The summed E-state index contributed by atoms with van der Waals surface area (Å²) in [5, 5.41) is 0.560. The lowest BCUT2D eigenvalue weighted by atomic mass is 10.2. The molecule has 0 radical (unpaired) electrons. The van der Waals surface area contributed by atoms with Gasteiger partial charge in [-0.05, 0) is 30.2 Å². The van der Waals surface area contributed by atoms with Crippen molar-refractivity contribution in [2.24, 2.45) is 0 Å². The average molecular weight is 431 g/mol. The van der Waals surface area contributed by atoms with E-state index in [1.165, 1.54) is 23.5 Å². The summed E-state index contributed by atoms with van der Waals surface area (Å²) in [6.45, 7) is 2.01. The lowest BCUT2D eigenvalue weighted by molar-refractivity contribution is 0.250. The molecule has 2 amide bonds. The van der Waals surface area contributed by atoms with E-state index in [1.54, 1.807) is 36.4 Å². The van der Waals surface area contributed by atoms with Crippen LogP contribution in [0.4, 0.5) is 10.6 Å². The van der Waals surface area contributed by atoms with Gasteiger partial charge in [0.15, 0.2) is 5.82 Å². The van der Waals surface area contributed by atoms with Crippen molar-refractivity contribution in [3.05, 3.63) is 88.8 Å². The van der Waals surface area contributed by atoms with E-state index in [0.29, 0.717) is 10.6 Å². The van der Waals surface area contributed by atoms with Crippen LogP contribution in [-0.2, 0) is 22.3 Å². The zero-order valence-corrected chi connectivity index (χ0v) is 17.2. The molecule has 0 fully saturated rings. The SMILES string of the molecule is Cc1ccc(CS(=O)(=O)NC(=O)N(Cc2ccc(Cl)cc2)c2cnccn2)cc1. The van der Waals surface area contributed by atoms with Crippen LogP contribution in [0.3, 0.4) is 0 Å². The highest BCUT2D eigenvalue weighted by molar-refractivity contribution is 7.89. The van der Waals surface area contributed by atoms with Crippen molar-refractivity contribution < 1.29 is 13.2 Å². The third kappa shape index (κ3) is 6.00. The smallest absolute Gasteiger partial charge is 0.272 e. The molecule has 0 saturated carbocycles. The predicted molar refractivity (Wildman–Crippen MR) is 112 cm³/mol. The Balaban J connectivity index is 1.80. The Labute approximate surface area is 174 Å². The quantitative estimate of drug-likeness (QED) is 0.643. The molecule has 0 unspecified atom stereocenters. The van der Waals surface area contributed by atoms with Gasteiger partial charge >= 0.3 is 6.03 Å². The number of nitrogens with one attached hydrogen (secondary N) is 1. The Morgan fingerprint density at radius 3 is 2.31 bits per heavy atom. The maximum atomic E-state index is 12.8. The van der Waals surface area contributed by atoms with Crippen LogP contribution >= 0.6 is 11.6 Å². The summed E-state index contributed by atoms with van der Waals surface area (Å²) in [5.74, 6) is -0.0839. The number of urea groups is 1. The number of aromatic nitrogens is 2. The van der Waals surface area contributed by atoms with Gasteiger partial charge in [-0.1, -0.05) is 53.6 Å². The van der Waals surface area contributed by atoms with E-state index in [-0.39, 0.29) is 18.1 Å². The second kappa shape index (κ2) is 9.02. The predicted octanol–water partition coefficient (Wildman–Crippen LogP) is 3.68. The summed E-state index contributed by atoms with van der Waals surface area (Å²) >= 11 is 5.91. The number of anilines is 1. The van der Waals surface area contributed by atoms with Crippen molar-refractivity contribution in [3.8, 4) is 0 Å². The number of hydrogen-bond acceptors (Lipinski definition) is 5. The van der Waals surface area contributed by atoms with Gasteiger partial charge in [-0.3, -0.25) is 9.88 Å². The van der Waals surface area contributed by atoms with Crippen LogP contribution in [0.1, 0.15) is 16.7 Å². The molecule has 3 rings (SSSR count).